The summed E-state index contributed by atoms with van der Waals surface area (Å²) in [4.78, 5) is 2.57. The summed E-state index contributed by atoms with van der Waals surface area (Å²) in [6.07, 6.45) is 5.95. The van der Waals surface area contributed by atoms with E-state index in [9.17, 15) is 0 Å². The van der Waals surface area contributed by atoms with E-state index >= 15 is 0 Å². The van der Waals surface area contributed by atoms with E-state index in [-0.39, 0.29) is 0 Å². The van der Waals surface area contributed by atoms with Crippen LogP contribution in [0.3, 0.4) is 0 Å². The molecule has 1 aliphatic heterocycles. The molecule has 0 radical (unpaired) electrons. The van der Waals surface area contributed by atoms with Crippen molar-refractivity contribution in [1.82, 2.24) is 20.0 Å². The van der Waals surface area contributed by atoms with Gasteiger partial charge in [0.05, 0.1) is 5.69 Å². The number of rotatable bonds is 7. The summed E-state index contributed by atoms with van der Waals surface area (Å²) >= 11 is 0. The second-order valence-electron chi connectivity index (χ2n) is 5.77. The zero-order chi connectivity index (χ0) is 13.7. The number of hydrogen-bond donors (Lipinski definition) is 1. The minimum Gasteiger partial charge on any atom is -0.310 e. The molecule has 4 heteroatoms. The molecule has 2 unspecified atom stereocenters. The first-order valence-corrected chi connectivity index (χ1v) is 7.69. The molecule has 0 saturated carbocycles. The fourth-order valence-corrected chi connectivity index (χ4v) is 2.62. The lowest BCUT2D eigenvalue weighted by atomic mass is 10.3. The third-order valence-electron chi connectivity index (χ3n) is 4.22. The van der Waals surface area contributed by atoms with E-state index in [0.29, 0.717) is 12.1 Å². The highest BCUT2D eigenvalue weighted by Gasteiger charge is 2.17. The van der Waals surface area contributed by atoms with Gasteiger partial charge < -0.3 is 5.32 Å². The second-order valence-corrected chi connectivity index (χ2v) is 5.77. The molecule has 1 N–H and O–H groups in total. The predicted molar refractivity (Wildman–Crippen MR) is 79.2 cm³/mol. The van der Waals surface area contributed by atoms with Crippen LogP contribution in [-0.2, 0) is 6.54 Å². The summed E-state index contributed by atoms with van der Waals surface area (Å²) in [5.74, 6) is 0. The molecule has 2 atom stereocenters. The molecule has 19 heavy (non-hydrogen) atoms. The van der Waals surface area contributed by atoms with Crippen LogP contribution in [-0.4, -0.2) is 40.4 Å². The van der Waals surface area contributed by atoms with E-state index in [4.69, 9.17) is 0 Å². The van der Waals surface area contributed by atoms with Gasteiger partial charge in [0.25, 0.3) is 0 Å². The van der Waals surface area contributed by atoms with Crippen molar-refractivity contribution in [2.45, 2.75) is 58.7 Å². The Hall–Kier alpha value is -0.870. The van der Waals surface area contributed by atoms with Crippen LogP contribution >= 0.6 is 0 Å². The van der Waals surface area contributed by atoms with Gasteiger partial charge in [-0.15, -0.1) is 0 Å². The Morgan fingerprint density at radius 3 is 2.68 bits per heavy atom. The zero-order valence-electron chi connectivity index (χ0n) is 12.6. The highest BCUT2D eigenvalue weighted by atomic mass is 15.3. The maximum Gasteiger partial charge on any atom is 0.0762 e. The predicted octanol–water partition coefficient (Wildman–Crippen LogP) is 2.43. The highest BCUT2D eigenvalue weighted by Crippen LogP contribution is 2.11. The molecule has 2 rings (SSSR count). The first-order chi connectivity index (χ1) is 9.20. The first kappa shape index (κ1) is 14.5. The third kappa shape index (κ3) is 4.05. The van der Waals surface area contributed by atoms with Gasteiger partial charge in [0, 0.05) is 31.4 Å². The molecule has 0 bridgehead atoms. The van der Waals surface area contributed by atoms with Crippen molar-refractivity contribution in [3.63, 3.8) is 0 Å². The van der Waals surface area contributed by atoms with Gasteiger partial charge in [-0.2, -0.15) is 5.10 Å². The Morgan fingerprint density at radius 1 is 1.26 bits per heavy atom. The summed E-state index contributed by atoms with van der Waals surface area (Å²) in [7, 11) is 0. The Balaban J connectivity index is 1.71. The van der Waals surface area contributed by atoms with Crippen LogP contribution in [0.4, 0.5) is 0 Å². The van der Waals surface area contributed by atoms with Crippen LogP contribution in [0.2, 0.25) is 0 Å². The topological polar surface area (TPSA) is 33.1 Å². The van der Waals surface area contributed by atoms with Gasteiger partial charge in [-0.3, -0.25) is 9.58 Å². The highest BCUT2D eigenvalue weighted by molar-refractivity contribution is 4.99. The van der Waals surface area contributed by atoms with Gasteiger partial charge in [-0.25, -0.2) is 0 Å². The Morgan fingerprint density at radius 2 is 2.00 bits per heavy atom. The van der Waals surface area contributed by atoms with Crippen LogP contribution in [0.5, 0.6) is 0 Å². The summed E-state index contributed by atoms with van der Waals surface area (Å²) in [5, 5.41) is 8.15. The Bertz CT molecular complexity index is 368. The van der Waals surface area contributed by atoms with Crippen molar-refractivity contribution in [3.05, 3.63) is 18.0 Å². The van der Waals surface area contributed by atoms with E-state index in [0.717, 1.165) is 25.2 Å². The lowest BCUT2D eigenvalue weighted by Gasteiger charge is -2.23. The summed E-state index contributed by atoms with van der Waals surface area (Å²) < 4.78 is 2.07. The standard InChI is InChI=1S/C15H28N4/c1-4-13(2)19-10-7-15(17-19)12-16-11-14(3)18-8-5-6-9-18/h7,10,13-14,16H,4-6,8-9,11-12H2,1-3H3. The number of hydrogen-bond acceptors (Lipinski definition) is 3. The van der Waals surface area contributed by atoms with Crippen molar-refractivity contribution >= 4 is 0 Å². The molecule has 0 aromatic carbocycles. The minimum absolute atomic E-state index is 0.497. The molecule has 0 amide bonds. The molecule has 4 nitrogen and oxygen atoms in total. The molecule has 0 spiro atoms. The molecular weight excluding hydrogens is 236 g/mol. The lowest BCUT2D eigenvalue weighted by molar-refractivity contribution is 0.251. The fraction of sp³-hybridized carbons (Fsp3) is 0.800. The van der Waals surface area contributed by atoms with Gasteiger partial charge in [0.15, 0.2) is 0 Å². The van der Waals surface area contributed by atoms with Crippen LogP contribution in [0.1, 0.15) is 51.8 Å². The van der Waals surface area contributed by atoms with Crippen molar-refractivity contribution < 1.29 is 0 Å². The average molecular weight is 264 g/mol. The molecule has 1 aromatic heterocycles. The molecule has 2 heterocycles. The van der Waals surface area contributed by atoms with Gasteiger partial charge in [0.2, 0.25) is 0 Å². The molecule has 1 saturated heterocycles. The number of nitrogens with zero attached hydrogens (tertiary/aromatic N) is 3. The van der Waals surface area contributed by atoms with E-state index in [2.05, 4.69) is 53.0 Å². The van der Waals surface area contributed by atoms with E-state index < -0.39 is 0 Å². The molecule has 108 valence electrons. The maximum absolute atomic E-state index is 4.62. The zero-order valence-corrected chi connectivity index (χ0v) is 12.6. The molecule has 1 aliphatic rings. The van der Waals surface area contributed by atoms with Gasteiger partial charge >= 0.3 is 0 Å². The quantitative estimate of drug-likeness (QED) is 0.821. The number of nitrogens with one attached hydrogen (secondary N) is 1. The fourth-order valence-electron chi connectivity index (χ4n) is 2.62. The largest absolute Gasteiger partial charge is 0.310 e. The smallest absolute Gasteiger partial charge is 0.0762 e. The summed E-state index contributed by atoms with van der Waals surface area (Å²) in [5.41, 5.74) is 1.15. The lowest BCUT2D eigenvalue weighted by Crippen LogP contribution is -2.38. The molecule has 0 aliphatic carbocycles. The minimum atomic E-state index is 0.497. The second kappa shape index (κ2) is 7.06. The van der Waals surface area contributed by atoms with Gasteiger partial charge in [-0.05, 0) is 52.3 Å². The van der Waals surface area contributed by atoms with E-state index in [1.165, 1.54) is 25.9 Å². The average Bonchev–Trinajstić information content (AvgIpc) is 3.08. The van der Waals surface area contributed by atoms with Crippen molar-refractivity contribution in [2.24, 2.45) is 0 Å². The molecule has 1 aromatic rings. The molecular formula is C15H28N4. The maximum atomic E-state index is 4.62. The van der Waals surface area contributed by atoms with Crippen molar-refractivity contribution in [1.29, 1.82) is 0 Å². The monoisotopic (exact) mass is 264 g/mol. The van der Waals surface area contributed by atoms with Crippen molar-refractivity contribution in [2.75, 3.05) is 19.6 Å². The normalized spacial score (nSPS) is 19.7. The van der Waals surface area contributed by atoms with Gasteiger partial charge in [-0.1, -0.05) is 6.92 Å². The summed E-state index contributed by atoms with van der Waals surface area (Å²) in [6.45, 7) is 11.2. The first-order valence-electron chi connectivity index (χ1n) is 7.69. The van der Waals surface area contributed by atoms with E-state index in [1.807, 2.05) is 0 Å². The third-order valence-corrected chi connectivity index (χ3v) is 4.22. The summed E-state index contributed by atoms with van der Waals surface area (Å²) in [6, 6.07) is 3.26. The molecule has 1 fully saturated rings. The number of likely N-dealkylation sites (tertiary alicyclic amines) is 1. The van der Waals surface area contributed by atoms with Crippen LogP contribution in [0.15, 0.2) is 12.3 Å². The van der Waals surface area contributed by atoms with Gasteiger partial charge in [0.1, 0.15) is 0 Å². The SMILES string of the molecule is CCC(C)n1ccc(CNCC(C)N2CCCC2)n1. The van der Waals surface area contributed by atoms with Crippen molar-refractivity contribution in [3.8, 4) is 0 Å². The van der Waals surface area contributed by atoms with Crippen LogP contribution in [0.25, 0.3) is 0 Å². The number of aromatic nitrogens is 2. The van der Waals surface area contributed by atoms with Crippen LogP contribution < -0.4 is 5.32 Å². The Kier molecular flexibility index (Phi) is 5.40. The van der Waals surface area contributed by atoms with Crippen LogP contribution in [0, 0.1) is 0 Å². The Labute approximate surface area is 117 Å². The van der Waals surface area contributed by atoms with E-state index in [1.54, 1.807) is 0 Å².